The van der Waals surface area contributed by atoms with Crippen LogP contribution in [0.25, 0.3) is 0 Å². The van der Waals surface area contributed by atoms with Gasteiger partial charge in [0.1, 0.15) is 5.75 Å². The average Bonchev–Trinajstić information content (AvgIpc) is 2.65. The van der Waals surface area contributed by atoms with Crippen molar-refractivity contribution in [3.63, 3.8) is 0 Å². The van der Waals surface area contributed by atoms with Gasteiger partial charge in [0, 0.05) is 0 Å². The Morgan fingerprint density at radius 1 is 0.778 bits per heavy atom. The van der Waals surface area contributed by atoms with Crippen LogP contribution in [0.3, 0.4) is 0 Å². The smallest absolute Gasteiger partial charge is 0.335 e. The van der Waals surface area contributed by atoms with Gasteiger partial charge in [-0.05, 0) is 48.7 Å². The van der Waals surface area contributed by atoms with Gasteiger partial charge in [-0.2, -0.15) is 0 Å². The molecule has 0 heterocycles. The lowest BCUT2D eigenvalue weighted by Gasteiger charge is -2.05. The number of carbonyl (C=O) groups is 2. The van der Waals surface area contributed by atoms with Crippen LogP contribution in [0, 0.1) is 0 Å². The van der Waals surface area contributed by atoms with Crippen molar-refractivity contribution in [3.05, 3.63) is 65.2 Å². The SMILES string of the molecule is CCCCCCCCc1ccccc1C(=O)O.O=C(O)c1ccc(O)cc1. The standard InChI is InChI=1S/C15H22O2.C7H6O3/c1-2-3-4-5-6-7-10-13-11-8-9-12-14(13)15(16)17;8-6-3-1-5(2-4-6)7(9)10/h8-9,11-12H,2-7,10H2,1H3,(H,16,17);1-4,8H,(H,9,10). The summed E-state index contributed by atoms with van der Waals surface area (Å²) in [7, 11) is 0. The van der Waals surface area contributed by atoms with E-state index in [4.69, 9.17) is 15.3 Å². The first-order chi connectivity index (χ1) is 13.0. The van der Waals surface area contributed by atoms with Crippen molar-refractivity contribution in [1.29, 1.82) is 0 Å². The predicted molar refractivity (Wildman–Crippen MR) is 106 cm³/mol. The van der Waals surface area contributed by atoms with Crippen LogP contribution in [0.5, 0.6) is 5.75 Å². The Morgan fingerprint density at radius 2 is 1.37 bits per heavy atom. The highest BCUT2D eigenvalue weighted by Gasteiger charge is 2.07. The number of unbranched alkanes of at least 4 members (excludes halogenated alkanes) is 5. The second-order valence-electron chi connectivity index (χ2n) is 6.33. The average molecular weight is 372 g/mol. The highest BCUT2D eigenvalue weighted by molar-refractivity contribution is 5.89. The van der Waals surface area contributed by atoms with E-state index >= 15 is 0 Å². The van der Waals surface area contributed by atoms with Gasteiger partial charge in [0.15, 0.2) is 0 Å². The second kappa shape index (κ2) is 12.5. The summed E-state index contributed by atoms with van der Waals surface area (Å²) in [4.78, 5) is 21.2. The van der Waals surface area contributed by atoms with Crippen molar-refractivity contribution in [2.24, 2.45) is 0 Å². The van der Waals surface area contributed by atoms with E-state index < -0.39 is 11.9 Å². The fourth-order valence-corrected chi connectivity index (χ4v) is 2.65. The van der Waals surface area contributed by atoms with Gasteiger partial charge in [0.2, 0.25) is 0 Å². The van der Waals surface area contributed by atoms with Crippen LogP contribution in [-0.2, 0) is 6.42 Å². The van der Waals surface area contributed by atoms with Crippen molar-refractivity contribution < 1.29 is 24.9 Å². The van der Waals surface area contributed by atoms with Crippen molar-refractivity contribution in [2.75, 3.05) is 0 Å². The summed E-state index contributed by atoms with van der Waals surface area (Å²) in [5, 5.41) is 26.2. The fraction of sp³-hybridized carbons (Fsp3) is 0.364. The van der Waals surface area contributed by atoms with Gasteiger partial charge < -0.3 is 15.3 Å². The number of benzene rings is 2. The molecule has 0 radical (unpaired) electrons. The molecule has 5 heteroatoms. The first kappa shape index (κ1) is 22.2. The summed E-state index contributed by atoms with van der Waals surface area (Å²) in [6.07, 6.45) is 8.32. The Bertz CT molecular complexity index is 707. The number of aromatic carboxylic acids is 2. The number of carboxylic acids is 2. The molecule has 27 heavy (non-hydrogen) atoms. The first-order valence-corrected chi connectivity index (χ1v) is 9.29. The Balaban J connectivity index is 0.000000309. The second-order valence-corrected chi connectivity index (χ2v) is 6.33. The zero-order valence-electron chi connectivity index (χ0n) is 15.7. The topological polar surface area (TPSA) is 94.8 Å². The third-order valence-corrected chi connectivity index (χ3v) is 4.16. The molecule has 0 amide bonds. The van der Waals surface area contributed by atoms with E-state index in [1.54, 1.807) is 12.1 Å². The van der Waals surface area contributed by atoms with Gasteiger partial charge in [-0.1, -0.05) is 57.2 Å². The number of hydrogen-bond acceptors (Lipinski definition) is 3. The minimum atomic E-state index is -0.986. The van der Waals surface area contributed by atoms with Gasteiger partial charge in [-0.3, -0.25) is 0 Å². The minimum absolute atomic E-state index is 0.0741. The molecule has 0 bridgehead atoms. The lowest BCUT2D eigenvalue weighted by Crippen LogP contribution is -2.02. The normalized spacial score (nSPS) is 9.96. The predicted octanol–water partition coefficient (Wildman–Crippen LogP) is 5.38. The van der Waals surface area contributed by atoms with Gasteiger partial charge >= 0.3 is 11.9 Å². The van der Waals surface area contributed by atoms with Crippen LogP contribution in [0.4, 0.5) is 0 Å². The highest BCUT2D eigenvalue weighted by atomic mass is 16.4. The Morgan fingerprint density at radius 3 is 1.96 bits per heavy atom. The summed E-state index contributed by atoms with van der Waals surface area (Å²) in [5.74, 6) is -1.73. The molecule has 0 saturated heterocycles. The molecule has 2 aromatic rings. The largest absolute Gasteiger partial charge is 0.508 e. The maximum absolute atomic E-state index is 11.0. The first-order valence-electron chi connectivity index (χ1n) is 9.29. The van der Waals surface area contributed by atoms with Crippen molar-refractivity contribution in [3.8, 4) is 5.75 Å². The summed E-state index contributed by atoms with van der Waals surface area (Å²) in [6, 6.07) is 12.7. The number of carboxylic acid groups (broad SMARTS) is 2. The van der Waals surface area contributed by atoms with E-state index in [-0.39, 0.29) is 11.3 Å². The van der Waals surface area contributed by atoms with Crippen molar-refractivity contribution in [1.82, 2.24) is 0 Å². The molecule has 2 rings (SSSR count). The molecule has 0 unspecified atom stereocenters. The lowest BCUT2D eigenvalue weighted by atomic mass is 10.0. The number of phenols is 1. The maximum Gasteiger partial charge on any atom is 0.335 e. The third kappa shape index (κ3) is 8.90. The van der Waals surface area contributed by atoms with Gasteiger partial charge in [-0.15, -0.1) is 0 Å². The summed E-state index contributed by atoms with van der Waals surface area (Å²) in [5.41, 5.74) is 1.61. The molecular weight excluding hydrogens is 344 g/mol. The molecule has 0 aliphatic carbocycles. The molecule has 0 spiro atoms. The van der Waals surface area contributed by atoms with E-state index in [1.807, 2.05) is 12.1 Å². The molecule has 3 N–H and O–H groups in total. The number of hydrogen-bond donors (Lipinski definition) is 3. The highest BCUT2D eigenvalue weighted by Crippen LogP contribution is 2.14. The molecular formula is C22H28O5. The van der Waals surface area contributed by atoms with Gasteiger partial charge in [0.25, 0.3) is 0 Å². The van der Waals surface area contributed by atoms with Crippen molar-refractivity contribution in [2.45, 2.75) is 51.9 Å². The summed E-state index contributed by atoms with van der Waals surface area (Å²) >= 11 is 0. The minimum Gasteiger partial charge on any atom is -0.508 e. The lowest BCUT2D eigenvalue weighted by molar-refractivity contribution is 0.0685. The fourth-order valence-electron chi connectivity index (χ4n) is 2.65. The number of aryl methyl sites for hydroxylation is 1. The van der Waals surface area contributed by atoms with E-state index in [1.165, 1.54) is 56.4 Å². The Labute approximate surface area is 160 Å². The summed E-state index contributed by atoms with van der Waals surface area (Å²) in [6.45, 7) is 2.21. The number of rotatable bonds is 9. The zero-order valence-corrected chi connectivity index (χ0v) is 15.7. The van der Waals surface area contributed by atoms with Crippen LogP contribution >= 0.6 is 0 Å². The monoisotopic (exact) mass is 372 g/mol. The van der Waals surface area contributed by atoms with Crippen LogP contribution in [-0.4, -0.2) is 27.3 Å². The zero-order chi connectivity index (χ0) is 20.1. The molecule has 0 aromatic heterocycles. The Hall–Kier alpha value is -2.82. The molecule has 0 atom stereocenters. The van der Waals surface area contributed by atoms with Crippen LogP contribution in [0.1, 0.15) is 71.7 Å². The van der Waals surface area contributed by atoms with Crippen LogP contribution < -0.4 is 0 Å². The molecule has 2 aromatic carbocycles. The van der Waals surface area contributed by atoms with Crippen LogP contribution in [0.15, 0.2) is 48.5 Å². The maximum atomic E-state index is 11.0. The third-order valence-electron chi connectivity index (χ3n) is 4.16. The molecule has 0 fully saturated rings. The van der Waals surface area contributed by atoms with Crippen LogP contribution in [0.2, 0.25) is 0 Å². The molecule has 146 valence electrons. The number of phenolic OH excluding ortho intramolecular Hbond substituents is 1. The van der Waals surface area contributed by atoms with Crippen molar-refractivity contribution >= 4 is 11.9 Å². The molecule has 0 saturated carbocycles. The molecule has 5 nitrogen and oxygen atoms in total. The van der Waals surface area contributed by atoms with E-state index in [9.17, 15) is 9.59 Å². The quantitative estimate of drug-likeness (QED) is 0.514. The van der Waals surface area contributed by atoms with E-state index in [0.717, 1.165) is 18.4 Å². The van der Waals surface area contributed by atoms with E-state index in [0.29, 0.717) is 5.56 Å². The Kier molecular flexibility index (Phi) is 10.3. The van der Waals surface area contributed by atoms with E-state index in [2.05, 4.69) is 6.92 Å². The summed E-state index contributed by atoms with van der Waals surface area (Å²) < 4.78 is 0. The molecule has 0 aliphatic rings. The van der Waals surface area contributed by atoms with Gasteiger partial charge in [-0.25, -0.2) is 9.59 Å². The number of aromatic hydroxyl groups is 1. The molecule has 0 aliphatic heterocycles. The van der Waals surface area contributed by atoms with Gasteiger partial charge in [0.05, 0.1) is 11.1 Å².